The summed E-state index contributed by atoms with van der Waals surface area (Å²) in [5.41, 5.74) is 0.952. The fourth-order valence-corrected chi connectivity index (χ4v) is 3.62. The van der Waals surface area contributed by atoms with E-state index in [0.29, 0.717) is 40.9 Å². The molecule has 7 heteroatoms. The van der Waals surface area contributed by atoms with Crippen molar-refractivity contribution in [2.45, 2.75) is 39.0 Å². The molecule has 6 nitrogen and oxygen atoms in total. The Balaban J connectivity index is 1.74. The molecule has 166 valence electrons. The lowest BCUT2D eigenvalue weighted by molar-refractivity contribution is -0.117. The summed E-state index contributed by atoms with van der Waals surface area (Å²) in [6.07, 6.45) is 5.37. The first-order valence-corrected chi connectivity index (χ1v) is 11.3. The maximum Gasteiger partial charge on any atom is 0.255 e. The number of carbonyl (C=O) groups excluding carboxylic acids is 2. The molecule has 1 aliphatic rings. The third-order valence-corrected chi connectivity index (χ3v) is 5.43. The van der Waals surface area contributed by atoms with Crippen molar-refractivity contribution in [3.63, 3.8) is 0 Å². The lowest BCUT2D eigenvalue weighted by Crippen LogP contribution is -2.36. The van der Waals surface area contributed by atoms with Gasteiger partial charge in [0, 0.05) is 17.3 Å². The van der Waals surface area contributed by atoms with E-state index >= 15 is 0 Å². The number of rotatable bonds is 9. The summed E-state index contributed by atoms with van der Waals surface area (Å²) in [6.45, 7) is 4.92. The summed E-state index contributed by atoms with van der Waals surface area (Å²) in [7, 11) is 0. The quantitative estimate of drug-likeness (QED) is 0.530. The molecule has 0 atom stereocenters. The number of nitrogens with one attached hydrogen (secondary N) is 2. The maximum atomic E-state index is 12.8. The van der Waals surface area contributed by atoms with Gasteiger partial charge in [-0.2, -0.15) is 0 Å². The van der Waals surface area contributed by atoms with Crippen molar-refractivity contribution in [1.29, 1.82) is 0 Å². The number of unbranched alkanes of at least 4 members (excludes halogenated alkanes) is 1. The highest BCUT2D eigenvalue weighted by Gasteiger charge is 2.17. The highest BCUT2D eigenvalue weighted by atomic mass is 35.5. The van der Waals surface area contributed by atoms with Gasteiger partial charge in [-0.25, -0.2) is 0 Å². The van der Waals surface area contributed by atoms with E-state index in [9.17, 15) is 9.59 Å². The number of hydrogen-bond acceptors (Lipinski definition) is 4. The van der Waals surface area contributed by atoms with E-state index in [4.69, 9.17) is 16.3 Å². The van der Waals surface area contributed by atoms with Crippen LogP contribution in [0.4, 0.5) is 5.69 Å². The Kier molecular flexibility index (Phi) is 8.74. The molecule has 2 aromatic carbocycles. The topological polar surface area (TPSA) is 70.7 Å². The van der Waals surface area contributed by atoms with Gasteiger partial charge in [-0.3, -0.25) is 14.5 Å². The molecule has 0 bridgehead atoms. The molecule has 1 aliphatic heterocycles. The minimum atomic E-state index is -0.232. The highest BCUT2D eigenvalue weighted by molar-refractivity contribution is 6.30. The Labute approximate surface area is 188 Å². The van der Waals surface area contributed by atoms with Crippen LogP contribution in [0, 0.1) is 0 Å². The second-order valence-electron chi connectivity index (χ2n) is 7.76. The van der Waals surface area contributed by atoms with Crippen LogP contribution in [0.2, 0.25) is 5.02 Å². The number of nitrogens with zero attached hydrogens (tertiary/aromatic N) is 1. The van der Waals surface area contributed by atoms with Gasteiger partial charge in [0.05, 0.1) is 12.1 Å². The van der Waals surface area contributed by atoms with E-state index < -0.39 is 0 Å². The minimum Gasteiger partial charge on any atom is -0.457 e. The SMILES string of the molecule is CCCCNC(=O)c1cc(NC(=O)CN2CCCCC2)ccc1Oc1ccc(Cl)cc1. The van der Waals surface area contributed by atoms with E-state index in [1.165, 1.54) is 6.42 Å². The number of halogens is 1. The summed E-state index contributed by atoms with van der Waals surface area (Å²) in [6, 6.07) is 12.1. The van der Waals surface area contributed by atoms with Crippen LogP contribution in [0.25, 0.3) is 0 Å². The zero-order valence-corrected chi connectivity index (χ0v) is 18.7. The average Bonchev–Trinajstić information content (AvgIpc) is 2.77. The smallest absolute Gasteiger partial charge is 0.255 e. The van der Waals surface area contributed by atoms with Crippen LogP contribution in [0.1, 0.15) is 49.4 Å². The van der Waals surface area contributed by atoms with E-state index in [2.05, 4.69) is 22.5 Å². The molecular formula is C24H30ClN3O3. The van der Waals surface area contributed by atoms with Crippen molar-refractivity contribution in [1.82, 2.24) is 10.2 Å². The molecule has 2 aromatic rings. The number of ether oxygens (including phenoxy) is 1. The molecule has 0 radical (unpaired) electrons. The molecule has 0 spiro atoms. The van der Waals surface area contributed by atoms with Crippen LogP contribution in [0.3, 0.4) is 0 Å². The number of likely N-dealkylation sites (tertiary alicyclic amines) is 1. The van der Waals surface area contributed by atoms with E-state index in [1.54, 1.807) is 42.5 Å². The number of carbonyl (C=O) groups is 2. The normalized spacial score (nSPS) is 14.1. The van der Waals surface area contributed by atoms with Gasteiger partial charge in [0.1, 0.15) is 11.5 Å². The number of amides is 2. The van der Waals surface area contributed by atoms with Gasteiger partial charge in [0.2, 0.25) is 5.91 Å². The summed E-state index contributed by atoms with van der Waals surface area (Å²) < 4.78 is 5.93. The first-order valence-electron chi connectivity index (χ1n) is 10.9. The van der Waals surface area contributed by atoms with Gasteiger partial charge in [-0.15, -0.1) is 0 Å². The molecule has 0 aliphatic carbocycles. The van der Waals surface area contributed by atoms with Crippen molar-refractivity contribution in [2.75, 3.05) is 31.5 Å². The van der Waals surface area contributed by atoms with Gasteiger partial charge in [-0.1, -0.05) is 31.4 Å². The second kappa shape index (κ2) is 11.7. The number of benzene rings is 2. The van der Waals surface area contributed by atoms with Gasteiger partial charge >= 0.3 is 0 Å². The molecule has 2 N–H and O–H groups in total. The molecule has 0 aromatic heterocycles. The van der Waals surface area contributed by atoms with Crippen molar-refractivity contribution < 1.29 is 14.3 Å². The standard InChI is InChI=1S/C24H30ClN3O3/c1-2-3-13-26-24(30)21-16-19(27-23(29)17-28-14-5-4-6-15-28)9-12-22(21)31-20-10-7-18(25)8-11-20/h7-12,16H,2-6,13-15,17H2,1H3,(H,26,30)(H,27,29). The molecule has 0 unspecified atom stereocenters. The van der Waals surface area contributed by atoms with Gasteiger partial charge in [-0.05, 0) is 74.8 Å². The molecule has 0 saturated carbocycles. The van der Waals surface area contributed by atoms with Crippen molar-refractivity contribution >= 4 is 29.1 Å². The molecular weight excluding hydrogens is 414 g/mol. The molecule has 1 heterocycles. The van der Waals surface area contributed by atoms with Crippen LogP contribution >= 0.6 is 11.6 Å². The molecule has 1 saturated heterocycles. The van der Waals surface area contributed by atoms with E-state index in [1.807, 2.05) is 0 Å². The monoisotopic (exact) mass is 443 g/mol. The number of piperidine rings is 1. The first-order chi connectivity index (χ1) is 15.0. The Morgan fingerprint density at radius 3 is 2.52 bits per heavy atom. The Bertz CT molecular complexity index is 880. The molecule has 2 amide bonds. The van der Waals surface area contributed by atoms with Gasteiger partial charge in [0.25, 0.3) is 5.91 Å². The second-order valence-corrected chi connectivity index (χ2v) is 8.20. The third-order valence-electron chi connectivity index (χ3n) is 5.18. The molecule has 31 heavy (non-hydrogen) atoms. The zero-order chi connectivity index (χ0) is 22.1. The summed E-state index contributed by atoms with van der Waals surface area (Å²) in [4.78, 5) is 27.5. The third kappa shape index (κ3) is 7.26. The van der Waals surface area contributed by atoms with Crippen LogP contribution in [0.5, 0.6) is 11.5 Å². The number of anilines is 1. The highest BCUT2D eigenvalue weighted by Crippen LogP contribution is 2.29. The predicted octanol–water partition coefficient (Wildman–Crippen LogP) is 5.09. The average molecular weight is 444 g/mol. The Morgan fingerprint density at radius 2 is 1.81 bits per heavy atom. The fraction of sp³-hybridized carbons (Fsp3) is 0.417. The Hall–Kier alpha value is -2.57. The van der Waals surface area contributed by atoms with Crippen molar-refractivity contribution in [2.24, 2.45) is 0 Å². The lowest BCUT2D eigenvalue weighted by atomic mass is 10.1. The zero-order valence-electron chi connectivity index (χ0n) is 18.0. The van der Waals surface area contributed by atoms with E-state index in [-0.39, 0.29) is 11.8 Å². The van der Waals surface area contributed by atoms with Crippen molar-refractivity contribution in [3.8, 4) is 11.5 Å². The molecule has 3 rings (SSSR count). The van der Waals surface area contributed by atoms with Crippen LogP contribution in [-0.2, 0) is 4.79 Å². The summed E-state index contributed by atoms with van der Waals surface area (Å²) >= 11 is 5.94. The summed E-state index contributed by atoms with van der Waals surface area (Å²) in [5, 5.41) is 6.45. The van der Waals surface area contributed by atoms with Crippen LogP contribution < -0.4 is 15.4 Å². The van der Waals surface area contributed by atoms with Crippen LogP contribution in [-0.4, -0.2) is 42.9 Å². The Morgan fingerprint density at radius 1 is 1.06 bits per heavy atom. The lowest BCUT2D eigenvalue weighted by Gasteiger charge is -2.25. The molecule has 1 fully saturated rings. The predicted molar refractivity (Wildman–Crippen MR) is 124 cm³/mol. The first kappa shape index (κ1) is 23.1. The van der Waals surface area contributed by atoms with Gasteiger partial charge < -0.3 is 15.4 Å². The number of hydrogen-bond donors (Lipinski definition) is 2. The van der Waals surface area contributed by atoms with E-state index in [0.717, 1.165) is 38.8 Å². The van der Waals surface area contributed by atoms with Crippen molar-refractivity contribution in [3.05, 3.63) is 53.1 Å². The fourth-order valence-electron chi connectivity index (χ4n) is 3.50. The summed E-state index contributed by atoms with van der Waals surface area (Å²) in [5.74, 6) is 0.689. The maximum absolute atomic E-state index is 12.8. The van der Waals surface area contributed by atoms with Gasteiger partial charge in [0.15, 0.2) is 0 Å². The largest absolute Gasteiger partial charge is 0.457 e. The minimum absolute atomic E-state index is 0.0781. The van der Waals surface area contributed by atoms with Crippen LogP contribution in [0.15, 0.2) is 42.5 Å².